The second-order valence-electron chi connectivity index (χ2n) is 6.60. The van der Waals surface area contributed by atoms with Gasteiger partial charge in [-0.15, -0.1) is 0 Å². The fourth-order valence-corrected chi connectivity index (χ4v) is 2.93. The van der Waals surface area contributed by atoms with Crippen molar-refractivity contribution in [2.45, 2.75) is 38.1 Å². The number of aliphatic hydroxyl groups is 1. The Labute approximate surface area is 168 Å². The van der Waals surface area contributed by atoms with Crippen LogP contribution in [0.3, 0.4) is 0 Å². The molecule has 2 N–H and O–H groups in total. The molecule has 0 amide bonds. The Morgan fingerprint density at radius 1 is 1.10 bits per heavy atom. The molecule has 4 nitrogen and oxygen atoms in total. The van der Waals surface area contributed by atoms with E-state index in [2.05, 4.69) is 5.32 Å². The van der Waals surface area contributed by atoms with Gasteiger partial charge in [-0.1, -0.05) is 60.7 Å². The zero-order valence-electron chi connectivity index (χ0n) is 16.2. The molecule has 29 heavy (non-hydrogen) atoms. The van der Waals surface area contributed by atoms with Gasteiger partial charge in [0.25, 0.3) is 0 Å². The maximum atomic E-state index is 13.9. The van der Waals surface area contributed by atoms with E-state index in [1.807, 2.05) is 18.2 Å². The minimum Gasteiger partial charge on any atom is -0.463 e. The van der Waals surface area contributed by atoms with Crippen LogP contribution in [0.15, 0.2) is 72.4 Å². The second-order valence-corrected chi connectivity index (χ2v) is 6.60. The maximum absolute atomic E-state index is 13.9. The number of carbonyl (C=O) groups excluding carboxylic acids is 1. The molecule has 0 aliphatic carbocycles. The first-order chi connectivity index (χ1) is 13.7. The van der Waals surface area contributed by atoms with Crippen LogP contribution in [0.4, 0.5) is 13.2 Å². The Hall–Kier alpha value is -2.80. The molecular formula is C22H24F3NO3. The van der Waals surface area contributed by atoms with Crippen molar-refractivity contribution in [3.05, 3.63) is 83.6 Å². The minimum atomic E-state index is -4.96. The highest BCUT2D eigenvalue weighted by molar-refractivity contribution is 5.82. The number of ether oxygens (including phenoxy) is 1. The number of nitrogens with one attached hydrogen (secondary N) is 1. The van der Waals surface area contributed by atoms with E-state index >= 15 is 0 Å². The Balaban J connectivity index is 2.40. The molecule has 2 rings (SSSR count). The first kappa shape index (κ1) is 22.5. The van der Waals surface area contributed by atoms with Gasteiger partial charge in [0.1, 0.15) is 0 Å². The average Bonchev–Trinajstić information content (AvgIpc) is 2.68. The molecular weight excluding hydrogens is 383 g/mol. The van der Waals surface area contributed by atoms with Crippen LogP contribution in [-0.2, 0) is 15.1 Å². The van der Waals surface area contributed by atoms with Crippen LogP contribution in [0.2, 0.25) is 0 Å². The zero-order valence-corrected chi connectivity index (χ0v) is 16.2. The second kappa shape index (κ2) is 9.60. The molecule has 2 aromatic rings. The number of hydrogen-bond donors (Lipinski definition) is 2. The summed E-state index contributed by atoms with van der Waals surface area (Å²) in [7, 11) is 0. The number of alkyl halides is 3. The number of halogens is 3. The topological polar surface area (TPSA) is 58.6 Å². The third-order valence-corrected chi connectivity index (χ3v) is 4.45. The molecule has 0 unspecified atom stereocenters. The minimum absolute atomic E-state index is 0.0801. The average molecular weight is 407 g/mol. The van der Waals surface area contributed by atoms with Crippen LogP contribution in [0.5, 0.6) is 0 Å². The summed E-state index contributed by atoms with van der Waals surface area (Å²) >= 11 is 0. The van der Waals surface area contributed by atoms with Gasteiger partial charge in [0.05, 0.1) is 6.61 Å². The van der Waals surface area contributed by atoms with Gasteiger partial charge in [0, 0.05) is 24.2 Å². The van der Waals surface area contributed by atoms with Crippen molar-refractivity contribution >= 4 is 5.97 Å². The third-order valence-electron chi connectivity index (χ3n) is 4.45. The van der Waals surface area contributed by atoms with Gasteiger partial charge in [-0.25, -0.2) is 4.79 Å². The predicted molar refractivity (Wildman–Crippen MR) is 104 cm³/mol. The van der Waals surface area contributed by atoms with Crippen LogP contribution in [0, 0.1) is 0 Å². The summed E-state index contributed by atoms with van der Waals surface area (Å²) in [5.41, 5.74) is -2.74. The van der Waals surface area contributed by atoms with Crippen LogP contribution in [0.25, 0.3) is 0 Å². The summed E-state index contributed by atoms with van der Waals surface area (Å²) in [6, 6.07) is 15.5. The molecule has 0 spiro atoms. The SMILES string of the molecule is CCOC(=O)/C=C(\C[C@](O)(c1ccccc1)C(F)(F)F)N[C@H](C)c1ccccc1. The predicted octanol–water partition coefficient (Wildman–Crippen LogP) is 4.62. The van der Waals surface area contributed by atoms with Gasteiger partial charge in [0.15, 0.2) is 5.60 Å². The van der Waals surface area contributed by atoms with Crippen molar-refractivity contribution in [3.8, 4) is 0 Å². The fourth-order valence-electron chi connectivity index (χ4n) is 2.93. The molecule has 0 bridgehead atoms. The molecule has 0 heterocycles. The number of hydrogen-bond acceptors (Lipinski definition) is 4. The van der Waals surface area contributed by atoms with E-state index < -0.39 is 30.2 Å². The Kier molecular flexibility index (Phi) is 7.45. The highest BCUT2D eigenvalue weighted by atomic mass is 19.4. The first-order valence-corrected chi connectivity index (χ1v) is 9.21. The first-order valence-electron chi connectivity index (χ1n) is 9.21. The quantitative estimate of drug-likeness (QED) is 0.495. The lowest BCUT2D eigenvalue weighted by Gasteiger charge is -2.33. The smallest absolute Gasteiger partial charge is 0.421 e. The number of rotatable bonds is 8. The van der Waals surface area contributed by atoms with Crippen LogP contribution in [-0.4, -0.2) is 23.9 Å². The van der Waals surface area contributed by atoms with Crippen LogP contribution in [0.1, 0.15) is 37.4 Å². The van der Waals surface area contributed by atoms with Crippen molar-refractivity contribution in [2.75, 3.05) is 6.61 Å². The number of esters is 1. The largest absolute Gasteiger partial charge is 0.463 e. The van der Waals surface area contributed by atoms with E-state index in [1.165, 1.54) is 24.3 Å². The molecule has 0 saturated heterocycles. The summed E-state index contributed by atoms with van der Waals surface area (Å²) in [6.45, 7) is 3.43. The summed E-state index contributed by atoms with van der Waals surface area (Å²) in [4.78, 5) is 11.9. The van der Waals surface area contributed by atoms with Gasteiger partial charge >= 0.3 is 12.1 Å². The van der Waals surface area contributed by atoms with E-state index in [9.17, 15) is 23.1 Å². The lowest BCUT2D eigenvalue weighted by Crippen LogP contribution is -2.44. The van der Waals surface area contributed by atoms with Crippen molar-refractivity contribution in [1.29, 1.82) is 0 Å². The lowest BCUT2D eigenvalue weighted by molar-refractivity contribution is -0.266. The molecule has 0 saturated carbocycles. The molecule has 2 aromatic carbocycles. The van der Waals surface area contributed by atoms with Gasteiger partial charge in [0.2, 0.25) is 0 Å². The van der Waals surface area contributed by atoms with Gasteiger partial charge in [-0.3, -0.25) is 0 Å². The van der Waals surface area contributed by atoms with Crippen molar-refractivity contribution < 1.29 is 27.8 Å². The zero-order chi connectivity index (χ0) is 21.5. The molecule has 156 valence electrons. The summed E-state index contributed by atoms with van der Waals surface area (Å²) < 4.78 is 46.5. The van der Waals surface area contributed by atoms with Crippen LogP contribution < -0.4 is 5.32 Å². The number of benzene rings is 2. The lowest BCUT2D eigenvalue weighted by atomic mass is 9.88. The van der Waals surface area contributed by atoms with E-state index in [-0.39, 0.29) is 17.9 Å². The Morgan fingerprint density at radius 3 is 2.17 bits per heavy atom. The number of carbonyl (C=O) groups is 1. The summed E-state index contributed by atoms with van der Waals surface area (Å²) in [5.74, 6) is -0.784. The van der Waals surface area contributed by atoms with Crippen molar-refractivity contribution in [1.82, 2.24) is 5.32 Å². The highest BCUT2D eigenvalue weighted by Gasteiger charge is 2.55. The van der Waals surface area contributed by atoms with Crippen molar-refractivity contribution in [2.24, 2.45) is 0 Å². The van der Waals surface area contributed by atoms with E-state index in [1.54, 1.807) is 32.0 Å². The Bertz CT molecular complexity index is 822. The van der Waals surface area contributed by atoms with Gasteiger partial charge < -0.3 is 15.2 Å². The normalized spacial score (nSPS) is 15.3. The molecule has 2 atom stereocenters. The highest BCUT2D eigenvalue weighted by Crippen LogP contribution is 2.43. The standard InChI is InChI=1S/C22H24F3NO3/c1-3-29-20(27)14-19(26-16(2)17-10-6-4-7-11-17)15-21(28,22(23,24)25)18-12-8-5-9-13-18/h4-14,16,26,28H,3,15H2,1-2H3/b19-14+/t16-,21+/m1/s1. The third kappa shape index (κ3) is 5.84. The molecule has 0 aromatic heterocycles. The van der Waals surface area contributed by atoms with E-state index in [0.29, 0.717) is 0 Å². The molecule has 0 fully saturated rings. The van der Waals surface area contributed by atoms with Crippen LogP contribution >= 0.6 is 0 Å². The Morgan fingerprint density at radius 2 is 1.66 bits per heavy atom. The van der Waals surface area contributed by atoms with Gasteiger partial charge in [-0.05, 0) is 25.0 Å². The molecule has 0 radical (unpaired) electrons. The van der Waals surface area contributed by atoms with E-state index in [0.717, 1.165) is 11.6 Å². The summed E-state index contributed by atoms with van der Waals surface area (Å²) in [5, 5.41) is 13.6. The maximum Gasteiger partial charge on any atom is 0.421 e. The van der Waals surface area contributed by atoms with Gasteiger partial charge in [-0.2, -0.15) is 13.2 Å². The van der Waals surface area contributed by atoms with Crippen molar-refractivity contribution in [3.63, 3.8) is 0 Å². The molecule has 7 heteroatoms. The monoisotopic (exact) mass is 407 g/mol. The molecule has 0 aliphatic rings. The summed E-state index contributed by atoms with van der Waals surface area (Å²) in [6.07, 6.45) is -4.86. The molecule has 0 aliphatic heterocycles. The van der Waals surface area contributed by atoms with E-state index in [4.69, 9.17) is 4.74 Å². The fraction of sp³-hybridized carbons (Fsp3) is 0.318.